The Morgan fingerprint density at radius 3 is 2.95 bits per heavy atom. The Kier molecular flexibility index (Phi) is 7.41. The van der Waals surface area contributed by atoms with Gasteiger partial charge in [0.25, 0.3) is 5.91 Å². The summed E-state index contributed by atoms with van der Waals surface area (Å²) in [7, 11) is 3.18. The van der Waals surface area contributed by atoms with Crippen molar-refractivity contribution in [2.75, 3.05) is 40.4 Å². The number of nitrogens with two attached hydrogens (primary N) is 1. The molecule has 8 heteroatoms. The fourth-order valence-electron chi connectivity index (χ4n) is 1.72. The highest BCUT2D eigenvalue weighted by atomic mass is 16.5. The minimum Gasteiger partial charge on any atom is -0.385 e. The van der Waals surface area contributed by atoms with Crippen LogP contribution in [0.15, 0.2) is 12.5 Å². The van der Waals surface area contributed by atoms with Crippen LogP contribution in [0, 0.1) is 0 Å². The molecule has 8 nitrogen and oxygen atoms in total. The smallest absolute Gasteiger partial charge is 0.274 e. The van der Waals surface area contributed by atoms with Crippen LogP contribution in [0.3, 0.4) is 0 Å². The Hall–Kier alpha value is -1.93. The molecule has 1 aromatic heterocycles. The molecule has 0 atom stereocenters. The first-order chi connectivity index (χ1) is 10.1. The lowest BCUT2D eigenvalue weighted by atomic mass is 10.3. The minimum absolute atomic E-state index is 0.00440. The molecule has 0 aliphatic heterocycles. The second-order valence-electron chi connectivity index (χ2n) is 4.64. The van der Waals surface area contributed by atoms with Crippen molar-refractivity contribution in [1.29, 1.82) is 0 Å². The summed E-state index contributed by atoms with van der Waals surface area (Å²) < 4.78 is 6.63. The summed E-state index contributed by atoms with van der Waals surface area (Å²) in [5.41, 5.74) is 5.74. The van der Waals surface area contributed by atoms with Crippen LogP contribution in [0.4, 0.5) is 0 Å². The summed E-state index contributed by atoms with van der Waals surface area (Å²) in [6.45, 7) is 2.19. The summed E-state index contributed by atoms with van der Waals surface area (Å²) in [5, 5.41) is 2.73. The van der Waals surface area contributed by atoms with E-state index in [0.717, 1.165) is 6.42 Å². The van der Waals surface area contributed by atoms with Crippen LogP contribution < -0.4 is 11.1 Å². The van der Waals surface area contributed by atoms with Gasteiger partial charge in [-0.05, 0) is 6.42 Å². The Morgan fingerprint density at radius 1 is 1.52 bits per heavy atom. The predicted octanol–water partition coefficient (Wildman–Crippen LogP) is -0.933. The third kappa shape index (κ3) is 5.92. The molecule has 1 aromatic rings. The van der Waals surface area contributed by atoms with Crippen molar-refractivity contribution in [3.05, 3.63) is 18.2 Å². The van der Waals surface area contributed by atoms with E-state index in [1.54, 1.807) is 31.2 Å². The van der Waals surface area contributed by atoms with Gasteiger partial charge in [0.15, 0.2) is 0 Å². The summed E-state index contributed by atoms with van der Waals surface area (Å²) in [4.78, 5) is 29.1. The molecule has 0 radical (unpaired) electrons. The lowest BCUT2D eigenvalue weighted by molar-refractivity contribution is -0.121. The number of methoxy groups -OCH3 is 1. The molecule has 0 aliphatic carbocycles. The van der Waals surface area contributed by atoms with E-state index in [2.05, 4.69) is 10.3 Å². The van der Waals surface area contributed by atoms with E-state index in [9.17, 15) is 9.59 Å². The first-order valence-corrected chi connectivity index (χ1v) is 6.81. The molecular formula is C13H23N5O3. The maximum absolute atomic E-state index is 12.1. The number of nitrogens with zero attached hydrogens (tertiary/aromatic N) is 3. The molecule has 1 rings (SSSR count). The Labute approximate surface area is 124 Å². The standard InChI is InChI=1S/C13H23N5O3/c1-17(9-12(19)15-5-3-7-21-2)13(20)11-8-18(6-4-14)10-16-11/h8,10H,3-7,9,14H2,1-2H3,(H,15,19). The van der Waals surface area contributed by atoms with Gasteiger partial charge in [0.2, 0.25) is 5.91 Å². The summed E-state index contributed by atoms with van der Waals surface area (Å²) in [6.07, 6.45) is 3.92. The zero-order chi connectivity index (χ0) is 15.7. The highest BCUT2D eigenvalue weighted by Gasteiger charge is 2.17. The second kappa shape index (κ2) is 9.09. The molecule has 0 aliphatic rings. The number of imidazole rings is 1. The SMILES string of the molecule is COCCCNC(=O)CN(C)C(=O)c1cn(CCN)cn1. The van der Waals surface area contributed by atoms with Gasteiger partial charge in [-0.2, -0.15) is 0 Å². The molecule has 0 aromatic carbocycles. The third-order valence-corrected chi connectivity index (χ3v) is 2.81. The number of nitrogens with one attached hydrogen (secondary N) is 1. The predicted molar refractivity (Wildman–Crippen MR) is 77.7 cm³/mol. The zero-order valence-corrected chi connectivity index (χ0v) is 12.5. The van der Waals surface area contributed by atoms with Crippen LogP contribution in [-0.2, 0) is 16.1 Å². The molecule has 21 heavy (non-hydrogen) atoms. The van der Waals surface area contributed by atoms with Gasteiger partial charge in [-0.3, -0.25) is 9.59 Å². The molecule has 0 bridgehead atoms. The monoisotopic (exact) mass is 297 g/mol. The highest BCUT2D eigenvalue weighted by Crippen LogP contribution is 2.00. The van der Waals surface area contributed by atoms with Gasteiger partial charge in [-0.15, -0.1) is 0 Å². The van der Waals surface area contributed by atoms with Crippen molar-refractivity contribution in [2.24, 2.45) is 5.73 Å². The summed E-state index contributed by atoms with van der Waals surface area (Å²) >= 11 is 0. The lowest BCUT2D eigenvalue weighted by Gasteiger charge is -2.15. The molecule has 1 heterocycles. The Balaban J connectivity index is 2.40. The number of likely N-dealkylation sites (N-methyl/N-ethyl adjacent to an activating group) is 1. The van der Waals surface area contributed by atoms with E-state index in [4.69, 9.17) is 10.5 Å². The Morgan fingerprint density at radius 2 is 2.29 bits per heavy atom. The number of hydrogen-bond donors (Lipinski definition) is 2. The van der Waals surface area contributed by atoms with Crippen molar-refractivity contribution in [3.8, 4) is 0 Å². The van der Waals surface area contributed by atoms with Crippen LogP contribution in [0.2, 0.25) is 0 Å². The molecule has 0 saturated carbocycles. The molecule has 3 N–H and O–H groups in total. The number of carbonyl (C=O) groups excluding carboxylic acids is 2. The van der Waals surface area contributed by atoms with E-state index < -0.39 is 0 Å². The average Bonchev–Trinajstić information content (AvgIpc) is 2.91. The number of carbonyl (C=O) groups is 2. The average molecular weight is 297 g/mol. The third-order valence-electron chi connectivity index (χ3n) is 2.81. The van der Waals surface area contributed by atoms with Crippen molar-refractivity contribution in [3.63, 3.8) is 0 Å². The molecular weight excluding hydrogens is 274 g/mol. The van der Waals surface area contributed by atoms with E-state index in [-0.39, 0.29) is 18.4 Å². The fourth-order valence-corrected chi connectivity index (χ4v) is 1.72. The maximum Gasteiger partial charge on any atom is 0.274 e. The molecule has 0 fully saturated rings. The van der Waals surface area contributed by atoms with Crippen LogP contribution in [-0.4, -0.2) is 66.7 Å². The molecule has 0 saturated heterocycles. The van der Waals surface area contributed by atoms with Gasteiger partial charge < -0.3 is 25.3 Å². The van der Waals surface area contributed by atoms with Crippen LogP contribution in [0.25, 0.3) is 0 Å². The number of rotatable bonds is 9. The normalized spacial score (nSPS) is 10.4. The quantitative estimate of drug-likeness (QED) is 0.573. The second-order valence-corrected chi connectivity index (χ2v) is 4.64. The van der Waals surface area contributed by atoms with Gasteiger partial charge in [0.05, 0.1) is 12.9 Å². The van der Waals surface area contributed by atoms with Crippen LogP contribution >= 0.6 is 0 Å². The lowest BCUT2D eigenvalue weighted by Crippen LogP contribution is -2.39. The van der Waals surface area contributed by atoms with Gasteiger partial charge in [0, 0.05) is 46.6 Å². The summed E-state index contributed by atoms with van der Waals surface area (Å²) in [5.74, 6) is -0.499. The molecule has 2 amide bonds. The van der Waals surface area contributed by atoms with Crippen molar-refractivity contribution in [2.45, 2.75) is 13.0 Å². The molecule has 0 unspecified atom stereocenters. The van der Waals surface area contributed by atoms with E-state index in [1.165, 1.54) is 4.90 Å². The Bertz CT molecular complexity index is 460. The maximum atomic E-state index is 12.1. The van der Waals surface area contributed by atoms with Gasteiger partial charge >= 0.3 is 0 Å². The van der Waals surface area contributed by atoms with Gasteiger partial charge in [0.1, 0.15) is 5.69 Å². The van der Waals surface area contributed by atoms with Gasteiger partial charge in [-0.1, -0.05) is 0 Å². The fraction of sp³-hybridized carbons (Fsp3) is 0.615. The number of hydrogen-bond acceptors (Lipinski definition) is 5. The first-order valence-electron chi connectivity index (χ1n) is 6.81. The van der Waals surface area contributed by atoms with Crippen LogP contribution in [0.1, 0.15) is 16.9 Å². The van der Waals surface area contributed by atoms with E-state index in [0.29, 0.717) is 31.9 Å². The minimum atomic E-state index is -0.294. The summed E-state index contributed by atoms with van der Waals surface area (Å²) in [6, 6.07) is 0. The van der Waals surface area contributed by atoms with E-state index >= 15 is 0 Å². The van der Waals surface area contributed by atoms with Crippen molar-refractivity contribution in [1.82, 2.24) is 19.8 Å². The van der Waals surface area contributed by atoms with Gasteiger partial charge in [-0.25, -0.2) is 4.98 Å². The largest absolute Gasteiger partial charge is 0.385 e. The van der Waals surface area contributed by atoms with Crippen LogP contribution in [0.5, 0.6) is 0 Å². The molecule has 0 spiro atoms. The highest BCUT2D eigenvalue weighted by molar-refractivity contribution is 5.94. The molecule has 118 valence electrons. The number of ether oxygens (including phenoxy) is 1. The zero-order valence-electron chi connectivity index (χ0n) is 12.5. The topological polar surface area (TPSA) is 102 Å². The number of aromatic nitrogens is 2. The van der Waals surface area contributed by atoms with Crippen molar-refractivity contribution >= 4 is 11.8 Å². The van der Waals surface area contributed by atoms with E-state index in [1.807, 2.05) is 0 Å². The number of amides is 2. The first kappa shape index (κ1) is 17.1. The van der Waals surface area contributed by atoms with Crippen molar-refractivity contribution < 1.29 is 14.3 Å².